The van der Waals surface area contributed by atoms with Gasteiger partial charge in [-0.05, 0) is 43.3 Å². The molecule has 3 heterocycles. The zero-order chi connectivity index (χ0) is 27.8. The summed E-state index contributed by atoms with van der Waals surface area (Å²) in [6.45, 7) is 1.83. The van der Waals surface area contributed by atoms with Gasteiger partial charge in [-0.2, -0.15) is 5.26 Å². The van der Waals surface area contributed by atoms with Crippen LogP contribution in [0.4, 0.5) is 0 Å². The average Bonchev–Trinajstić information content (AvgIpc) is 3.35. The highest BCUT2D eigenvalue weighted by molar-refractivity contribution is 7.18. The molecule has 39 heavy (non-hydrogen) atoms. The topological polar surface area (TPSA) is 161 Å². The van der Waals surface area contributed by atoms with Crippen LogP contribution in [0.1, 0.15) is 32.1 Å². The second-order valence-corrected chi connectivity index (χ2v) is 9.81. The van der Waals surface area contributed by atoms with Gasteiger partial charge in [0, 0.05) is 33.3 Å². The number of nitrogens with zero attached hydrogens (tertiary/aromatic N) is 4. The van der Waals surface area contributed by atoms with Gasteiger partial charge in [0.2, 0.25) is 5.91 Å². The fraction of sp³-hybridized carbons (Fsp3) is 0.111. The van der Waals surface area contributed by atoms with Crippen LogP contribution in [0.15, 0.2) is 52.8 Å². The number of aryl methyl sites for hydroxylation is 1. The molecule has 194 valence electrons. The SMILES string of the molecule is Cc1nc2cc(C(N)=O)cc(C#N)c2c(=O)n1CCOc1ccc(Cl)cc1-c1ccnc2c(C(=O)O)csc12. The van der Waals surface area contributed by atoms with Crippen LogP contribution in [0.25, 0.3) is 32.2 Å². The summed E-state index contributed by atoms with van der Waals surface area (Å²) in [4.78, 5) is 45.2. The van der Waals surface area contributed by atoms with Crippen LogP contribution in [0.3, 0.4) is 0 Å². The number of hydrogen-bond donors (Lipinski definition) is 2. The summed E-state index contributed by atoms with van der Waals surface area (Å²) in [6.07, 6.45) is 1.53. The van der Waals surface area contributed by atoms with Crippen LogP contribution in [-0.2, 0) is 6.54 Å². The van der Waals surface area contributed by atoms with E-state index < -0.39 is 17.4 Å². The fourth-order valence-corrected chi connectivity index (χ4v) is 5.53. The monoisotopic (exact) mass is 559 g/mol. The summed E-state index contributed by atoms with van der Waals surface area (Å²) in [5.41, 5.74) is 7.04. The molecular formula is C27H18ClN5O5S. The molecule has 0 spiro atoms. The number of aromatic carboxylic acids is 1. The van der Waals surface area contributed by atoms with Gasteiger partial charge in [0.1, 0.15) is 24.3 Å². The molecule has 3 aromatic heterocycles. The highest BCUT2D eigenvalue weighted by atomic mass is 35.5. The molecule has 1 amide bonds. The number of carboxylic acid groups (broad SMARTS) is 1. The van der Waals surface area contributed by atoms with Crippen LogP contribution in [0, 0.1) is 18.3 Å². The molecule has 0 aliphatic rings. The molecule has 0 aliphatic carbocycles. The van der Waals surface area contributed by atoms with Crippen molar-refractivity contribution in [3.05, 3.63) is 85.9 Å². The third-order valence-corrected chi connectivity index (χ3v) is 7.38. The number of rotatable bonds is 7. The van der Waals surface area contributed by atoms with Crippen molar-refractivity contribution in [2.45, 2.75) is 13.5 Å². The lowest BCUT2D eigenvalue weighted by Gasteiger charge is -2.15. The zero-order valence-corrected chi connectivity index (χ0v) is 21.8. The molecule has 0 unspecified atom stereocenters. The lowest BCUT2D eigenvalue weighted by molar-refractivity contribution is 0.0699. The molecule has 5 rings (SSSR count). The first-order valence-electron chi connectivity index (χ1n) is 11.5. The number of ether oxygens (including phenoxy) is 1. The number of carbonyl (C=O) groups is 2. The molecule has 10 nitrogen and oxygen atoms in total. The number of aromatic nitrogens is 3. The molecule has 0 saturated carbocycles. The molecule has 5 aromatic rings. The maximum atomic E-state index is 13.3. The van der Waals surface area contributed by atoms with Gasteiger partial charge >= 0.3 is 5.97 Å². The number of nitrogens with two attached hydrogens (primary N) is 1. The highest BCUT2D eigenvalue weighted by Crippen LogP contribution is 2.39. The zero-order valence-electron chi connectivity index (χ0n) is 20.3. The Morgan fingerprint density at radius 2 is 2.03 bits per heavy atom. The fourth-order valence-electron chi connectivity index (χ4n) is 4.33. The molecule has 0 bridgehead atoms. The Bertz CT molecular complexity index is 1920. The van der Waals surface area contributed by atoms with Crippen molar-refractivity contribution in [3.8, 4) is 22.9 Å². The van der Waals surface area contributed by atoms with E-state index in [1.807, 2.05) is 6.07 Å². The van der Waals surface area contributed by atoms with Crippen molar-refractivity contribution in [2.24, 2.45) is 5.73 Å². The van der Waals surface area contributed by atoms with Crippen molar-refractivity contribution >= 4 is 55.9 Å². The minimum atomic E-state index is -1.07. The smallest absolute Gasteiger partial charge is 0.338 e. The molecule has 2 aromatic carbocycles. The largest absolute Gasteiger partial charge is 0.491 e. The van der Waals surface area contributed by atoms with Crippen LogP contribution in [0.2, 0.25) is 5.02 Å². The van der Waals surface area contributed by atoms with Gasteiger partial charge in [0.25, 0.3) is 5.56 Å². The standard InChI is InChI=1S/C27H18ClN5O5S/c1-13-32-20-9-14(25(30)34)8-15(11-29)22(20)26(35)33(13)6-7-38-21-3-2-16(28)10-18(21)17-4-5-31-23-19(27(36)37)12-39-24(17)23/h2-5,8-10,12H,6-7H2,1H3,(H2,30,34)(H,36,37). The van der Waals surface area contributed by atoms with E-state index in [-0.39, 0.29) is 40.7 Å². The maximum Gasteiger partial charge on any atom is 0.338 e. The lowest BCUT2D eigenvalue weighted by Crippen LogP contribution is -2.27. The van der Waals surface area contributed by atoms with E-state index in [0.717, 1.165) is 0 Å². The molecule has 0 atom stereocenters. The van der Waals surface area contributed by atoms with E-state index in [1.165, 1.54) is 34.2 Å². The minimum absolute atomic E-state index is 0.00633. The number of thiophene rings is 1. The van der Waals surface area contributed by atoms with E-state index in [0.29, 0.717) is 37.9 Å². The Labute approximate surface area is 229 Å². The predicted molar refractivity (Wildman–Crippen MR) is 146 cm³/mol. The third-order valence-electron chi connectivity index (χ3n) is 6.14. The molecule has 0 radical (unpaired) electrons. The first-order chi connectivity index (χ1) is 18.7. The molecule has 12 heteroatoms. The van der Waals surface area contributed by atoms with E-state index >= 15 is 0 Å². The van der Waals surface area contributed by atoms with E-state index in [4.69, 9.17) is 22.1 Å². The number of amides is 1. The molecule has 0 fully saturated rings. The molecule has 0 aliphatic heterocycles. The van der Waals surface area contributed by atoms with Crippen molar-refractivity contribution in [1.29, 1.82) is 5.26 Å². The second-order valence-electron chi connectivity index (χ2n) is 8.49. The number of fused-ring (bicyclic) bond motifs is 2. The van der Waals surface area contributed by atoms with Gasteiger partial charge in [0.15, 0.2) is 0 Å². The summed E-state index contributed by atoms with van der Waals surface area (Å²) < 4.78 is 8.15. The number of carboxylic acids is 1. The van der Waals surface area contributed by atoms with Gasteiger partial charge in [-0.15, -0.1) is 11.3 Å². The number of pyridine rings is 1. The second kappa shape index (κ2) is 10.2. The first kappa shape index (κ1) is 25.8. The molecular weight excluding hydrogens is 542 g/mol. The van der Waals surface area contributed by atoms with Crippen molar-refractivity contribution in [3.63, 3.8) is 0 Å². The van der Waals surface area contributed by atoms with Crippen molar-refractivity contribution in [2.75, 3.05) is 6.61 Å². The summed E-state index contributed by atoms with van der Waals surface area (Å²) >= 11 is 7.55. The first-order valence-corrected chi connectivity index (χ1v) is 12.7. The maximum absolute atomic E-state index is 13.3. The summed E-state index contributed by atoms with van der Waals surface area (Å²) in [5, 5.41) is 21.1. The lowest BCUT2D eigenvalue weighted by atomic mass is 10.0. The van der Waals surface area contributed by atoms with Crippen LogP contribution < -0.4 is 16.0 Å². The Morgan fingerprint density at radius 3 is 2.74 bits per heavy atom. The van der Waals surface area contributed by atoms with E-state index in [9.17, 15) is 24.8 Å². The van der Waals surface area contributed by atoms with Crippen molar-refractivity contribution < 1.29 is 19.4 Å². The minimum Gasteiger partial charge on any atom is -0.491 e. The normalized spacial score (nSPS) is 11.0. The Balaban J connectivity index is 1.49. The van der Waals surface area contributed by atoms with Crippen LogP contribution in [-0.4, -0.2) is 38.1 Å². The number of halogens is 1. The van der Waals surface area contributed by atoms with Gasteiger partial charge in [-0.3, -0.25) is 19.1 Å². The van der Waals surface area contributed by atoms with Crippen LogP contribution in [0.5, 0.6) is 5.75 Å². The number of primary amides is 1. The van der Waals surface area contributed by atoms with Gasteiger partial charge in [-0.1, -0.05) is 11.6 Å². The van der Waals surface area contributed by atoms with Crippen molar-refractivity contribution in [1.82, 2.24) is 14.5 Å². The number of benzene rings is 2. The third kappa shape index (κ3) is 4.67. The predicted octanol–water partition coefficient (Wildman–Crippen LogP) is 4.38. The number of carbonyl (C=O) groups excluding carboxylic acids is 1. The van der Waals surface area contributed by atoms with Gasteiger partial charge < -0.3 is 15.6 Å². The molecule has 0 saturated heterocycles. The highest BCUT2D eigenvalue weighted by Gasteiger charge is 2.19. The van der Waals surface area contributed by atoms with Crippen LogP contribution >= 0.6 is 22.9 Å². The van der Waals surface area contributed by atoms with Gasteiger partial charge in [0.05, 0.1) is 38.8 Å². The summed E-state index contributed by atoms with van der Waals surface area (Å²) in [7, 11) is 0. The number of nitriles is 1. The molecule has 3 N–H and O–H groups in total. The quantitative estimate of drug-likeness (QED) is 0.297. The number of hydrogen-bond acceptors (Lipinski definition) is 8. The summed E-state index contributed by atoms with van der Waals surface area (Å²) in [5.74, 6) is -0.949. The summed E-state index contributed by atoms with van der Waals surface area (Å²) in [6, 6.07) is 11.5. The Kier molecular flexibility index (Phi) is 6.74. The Hall–Kier alpha value is -4.79. The Morgan fingerprint density at radius 1 is 1.23 bits per heavy atom. The van der Waals surface area contributed by atoms with E-state index in [1.54, 1.807) is 36.6 Å². The van der Waals surface area contributed by atoms with E-state index in [2.05, 4.69) is 9.97 Å². The average molecular weight is 560 g/mol. The van der Waals surface area contributed by atoms with Gasteiger partial charge in [-0.25, -0.2) is 9.78 Å².